The first kappa shape index (κ1) is 23.3. The van der Waals surface area contributed by atoms with Gasteiger partial charge in [-0.3, -0.25) is 9.89 Å². The highest BCUT2D eigenvalue weighted by Crippen LogP contribution is 2.36. The average Bonchev–Trinajstić information content (AvgIpc) is 3.55. The number of rotatable bonds is 4. The topological polar surface area (TPSA) is 125 Å². The number of thiophene rings is 1. The predicted octanol–water partition coefficient (Wildman–Crippen LogP) is 1.79. The van der Waals surface area contributed by atoms with E-state index in [-0.39, 0.29) is 5.91 Å². The standard InChI is InChI=1S/C23H25N7O4S2/c1-36(32,33)30-7-5-29(6-8-30)23(31)19-13-18-20(35-19)22(28-9-11-34-12-10-28)26-21(25-18)15-3-2-4-17-16(15)14-24-27-17/h2-4,13-14H,5-12H2,1H3,(H,24,27). The summed E-state index contributed by atoms with van der Waals surface area (Å²) in [6.07, 6.45) is 2.97. The number of piperazine rings is 1. The minimum absolute atomic E-state index is 0.113. The van der Waals surface area contributed by atoms with Crippen LogP contribution in [0.15, 0.2) is 30.5 Å². The normalized spacial score (nSPS) is 17.8. The van der Waals surface area contributed by atoms with E-state index in [4.69, 9.17) is 14.7 Å². The fourth-order valence-corrected chi connectivity index (χ4v) is 6.58. The summed E-state index contributed by atoms with van der Waals surface area (Å²) < 4.78 is 31.5. The molecule has 0 bridgehead atoms. The minimum Gasteiger partial charge on any atom is -0.378 e. The summed E-state index contributed by atoms with van der Waals surface area (Å²) in [4.78, 5) is 27.7. The van der Waals surface area contributed by atoms with Crippen LogP contribution in [-0.4, -0.2) is 102 Å². The van der Waals surface area contributed by atoms with Crippen molar-refractivity contribution in [2.75, 3.05) is 63.6 Å². The van der Waals surface area contributed by atoms with Crippen molar-refractivity contribution >= 4 is 54.2 Å². The molecule has 2 aliphatic heterocycles. The number of sulfonamides is 1. The van der Waals surface area contributed by atoms with Gasteiger partial charge >= 0.3 is 0 Å². The Balaban J connectivity index is 1.39. The molecule has 4 aromatic rings. The summed E-state index contributed by atoms with van der Waals surface area (Å²) in [5.41, 5.74) is 2.48. The number of aromatic nitrogens is 4. The Morgan fingerprint density at radius 2 is 1.86 bits per heavy atom. The molecule has 1 N–H and O–H groups in total. The Hall–Kier alpha value is -3.13. The number of benzene rings is 1. The smallest absolute Gasteiger partial charge is 0.264 e. The van der Waals surface area contributed by atoms with Crippen molar-refractivity contribution in [1.29, 1.82) is 0 Å². The number of nitrogens with zero attached hydrogens (tertiary/aromatic N) is 6. The lowest BCUT2D eigenvalue weighted by Gasteiger charge is -2.32. The van der Waals surface area contributed by atoms with Gasteiger partial charge in [-0.2, -0.15) is 9.40 Å². The van der Waals surface area contributed by atoms with Crippen molar-refractivity contribution in [2.45, 2.75) is 0 Å². The fraction of sp³-hybridized carbons (Fsp3) is 0.391. The highest BCUT2D eigenvalue weighted by Gasteiger charge is 2.29. The summed E-state index contributed by atoms with van der Waals surface area (Å²) in [6.45, 7) is 3.94. The number of nitrogens with one attached hydrogen (secondary N) is 1. The molecule has 1 amide bonds. The summed E-state index contributed by atoms with van der Waals surface area (Å²) in [5.74, 6) is 1.26. The molecule has 0 aliphatic carbocycles. The van der Waals surface area contributed by atoms with Gasteiger partial charge in [0.1, 0.15) is 0 Å². The zero-order chi connectivity index (χ0) is 24.9. The summed E-state index contributed by atoms with van der Waals surface area (Å²) >= 11 is 1.39. The molecular weight excluding hydrogens is 502 g/mol. The predicted molar refractivity (Wildman–Crippen MR) is 138 cm³/mol. The lowest BCUT2D eigenvalue weighted by atomic mass is 10.1. The number of hydrogen-bond donors (Lipinski definition) is 1. The number of fused-ring (bicyclic) bond motifs is 2. The van der Waals surface area contributed by atoms with E-state index in [0.29, 0.717) is 68.7 Å². The van der Waals surface area contributed by atoms with Crippen molar-refractivity contribution in [3.05, 3.63) is 35.3 Å². The van der Waals surface area contributed by atoms with Gasteiger partial charge in [-0.25, -0.2) is 18.4 Å². The monoisotopic (exact) mass is 527 g/mol. The van der Waals surface area contributed by atoms with Gasteiger partial charge in [0.15, 0.2) is 11.6 Å². The molecule has 0 atom stereocenters. The molecule has 0 radical (unpaired) electrons. The van der Waals surface area contributed by atoms with E-state index in [1.807, 2.05) is 24.3 Å². The molecule has 2 aliphatic rings. The second kappa shape index (κ2) is 9.07. The molecule has 2 fully saturated rings. The Bertz CT molecular complexity index is 1550. The van der Waals surface area contributed by atoms with Gasteiger partial charge < -0.3 is 14.5 Å². The third-order valence-corrected chi connectivity index (χ3v) is 9.01. The zero-order valence-corrected chi connectivity index (χ0v) is 21.3. The van der Waals surface area contributed by atoms with Gasteiger partial charge in [-0.05, 0) is 12.1 Å². The SMILES string of the molecule is CS(=O)(=O)N1CCN(C(=O)c2cc3nc(-c4cccc5[nH]ncc45)nc(N4CCOCC4)c3s2)CC1. The first-order valence-electron chi connectivity index (χ1n) is 11.7. The quantitative estimate of drug-likeness (QED) is 0.426. The molecule has 1 aromatic carbocycles. The van der Waals surface area contributed by atoms with E-state index in [2.05, 4.69) is 15.1 Å². The molecule has 36 heavy (non-hydrogen) atoms. The zero-order valence-electron chi connectivity index (χ0n) is 19.7. The van der Waals surface area contributed by atoms with Crippen LogP contribution in [0.4, 0.5) is 5.82 Å². The van der Waals surface area contributed by atoms with Crippen LogP contribution in [0.3, 0.4) is 0 Å². The summed E-state index contributed by atoms with van der Waals surface area (Å²) in [5, 5.41) is 8.09. The number of amides is 1. The lowest BCUT2D eigenvalue weighted by molar-refractivity contribution is 0.0703. The number of carbonyl (C=O) groups is 1. The van der Waals surface area contributed by atoms with Crippen LogP contribution in [0.1, 0.15) is 9.67 Å². The van der Waals surface area contributed by atoms with E-state index in [0.717, 1.165) is 27.0 Å². The van der Waals surface area contributed by atoms with Crippen LogP contribution in [0.25, 0.3) is 32.5 Å². The van der Waals surface area contributed by atoms with Gasteiger partial charge in [-0.1, -0.05) is 12.1 Å². The Labute approximate surface area is 211 Å². The van der Waals surface area contributed by atoms with Gasteiger partial charge in [-0.15, -0.1) is 11.3 Å². The second-order valence-electron chi connectivity index (χ2n) is 8.89. The number of morpholine rings is 1. The van der Waals surface area contributed by atoms with Crippen LogP contribution in [0.2, 0.25) is 0 Å². The van der Waals surface area contributed by atoms with Crippen LogP contribution in [0.5, 0.6) is 0 Å². The van der Waals surface area contributed by atoms with E-state index < -0.39 is 10.0 Å². The molecule has 0 spiro atoms. The first-order chi connectivity index (χ1) is 17.4. The lowest BCUT2D eigenvalue weighted by Crippen LogP contribution is -2.50. The largest absolute Gasteiger partial charge is 0.378 e. The summed E-state index contributed by atoms with van der Waals surface area (Å²) in [7, 11) is -3.26. The molecule has 11 nitrogen and oxygen atoms in total. The maximum Gasteiger partial charge on any atom is 0.264 e. The Morgan fingerprint density at radius 3 is 2.61 bits per heavy atom. The minimum atomic E-state index is -3.26. The van der Waals surface area contributed by atoms with Gasteiger partial charge in [0.2, 0.25) is 10.0 Å². The first-order valence-corrected chi connectivity index (χ1v) is 14.4. The molecule has 13 heteroatoms. The Kier molecular flexibility index (Phi) is 5.86. The highest BCUT2D eigenvalue weighted by molar-refractivity contribution is 7.88. The number of hydrogen-bond acceptors (Lipinski definition) is 9. The van der Waals surface area contributed by atoms with Gasteiger partial charge in [0, 0.05) is 50.2 Å². The van der Waals surface area contributed by atoms with Crippen molar-refractivity contribution in [3.63, 3.8) is 0 Å². The molecule has 188 valence electrons. The van der Waals surface area contributed by atoms with E-state index in [1.165, 1.54) is 21.9 Å². The van der Waals surface area contributed by atoms with Crippen molar-refractivity contribution in [1.82, 2.24) is 29.4 Å². The van der Waals surface area contributed by atoms with Gasteiger partial charge in [0.05, 0.1) is 46.3 Å². The number of ether oxygens (including phenoxy) is 1. The number of anilines is 1. The maximum absolute atomic E-state index is 13.4. The van der Waals surface area contributed by atoms with Crippen molar-refractivity contribution in [3.8, 4) is 11.4 Å². The fourth-order valence-electron chi connectivity index (χ4n) is 4.67. The maximum atomic E-state index is 13.4. The van der Waals surface area contributed by atoms with Crippen molar-refractivity contribution in [2.24, 2.45) is 0 Å². The van der Waals surface area contributed by atoms with Crippen LogP contribution < -0.4 is 4.90 Å². The van der Waals surface area contributed by atoms with E-state index in [9.17, 15) is 13.2 Å². The molecule has 2 saturated heterocycles. The van der Waals surface area contributed by atoms with Crippen LogP contribution >= 0.6 is 11.3 Å². The molecule has 3 aromatic heterocycles. The number of H-pyrrole nitrogens is 1. The average molecular weight is 528 g/mol. The van der Waals surface area contributed by atoms with Gasteiger partial charge in [0.25, 0.3) is 5.91 Å². The Morgan fingerprint density at radius 1 is 1.08 bits per heavy atom. The molecule has 5 heterocycles. The molecule has 0 saturated carbocycles. The van der Waals surface area contributed by atoms with Crippen LogP contribution in [-0.2, 0) is 14.8 Å². The molecule has 0 unspecified atom stereocenters. The van der Waals surface area contributed by atoms with Crippen LogP contribution in [0, 0.1) is 0 Å². The van der Waals surface area contributed by atoms with E-state index in [1.54, 1.807) is 11.1 Å². The molecule has 6 rings (SSSR count). The third-order valence-electron chi connectivity index (χ3n) is 6.60. The third kappa shape index (κ3) is 4.21. The number of carbonyl (C=O) groups excluding carboxylic acids is 1. The molecular formula is C23H25N7O4S2. The second-order valence-corrected chi connectivity index (χ2v) is 11.9. The summed E-state index contributed by atoms with van der Waals surface area (Å²) in [6, 6.07) is 7.70. The van der Waals surface area contributed by atoms with Crippen molar-refractivity contribution < 1.29 is 17.9 Å². The highest BCUT2D eigenvalue weighted by atomic mass is 32.2. The van der Waals surface area contributed by atoms with E-state index >= 15 is 0 Å². The number of aromatic amines is 1.